The quantitative estimate of drug-likeness (QED) is 0.817. The largest absolute Gasteiger partial charge is 0.507 e. The topological polar surface area (TPSA) is 63.3 Å². The van der Waals surface area contributed by atoms with Gasteiger partial charge in [-0.2, -0.15) is 0 Å². The van der Waals surface area contributed by atoms with Crippen LogP contribution in [0.1, 0.15) is 16.8 Å². The highest BCUT2D eigenvalue weighted by molar-refractivity contribution is 9.10. The Morgan fingerprint density at radius 1 is 1.57 bits per heavy atom. The van der Waals surface area contributed by atoms with Gasteiger partial charge in [-0.05, 0) is 28.5 Å². The zero-order chi connectivity index (χ0) is 10.7. The molecular weight excluding hydrogens is 253 g/mol. The summed E-state index contributed by atoms with van der Waals surface area (Å²) < 4.78 is 13.0. The van der Waals surface area contributed by atoms with E-state index >= 15 is 0 Å². The SMILES string of the molecule is NCCC(=O)c1cc(Br)c(F)cc1O. The van der Waals surface area contributed by atoms with Crippen LogP contribution in [0.4, 0.5) is 4.39 Å². The maximum absolute atomic E-state index is 12.9. The van der Waals surface area contributed by atoms with E-state index in [2.05, 4.69) is 15.9 Å². The van der Waals surface area contributed by atoms with Crippen molar-refractivity contribution in [2.75, 3.05) is 6.54 Å². The van der Waals surface area contributed by atoms with Gasteiger partial charge in [-0.1, -0.05) is 0 Å². The van der Waals surface area contributed by atoms with Crippen molar-refractivity contribution < 1.29 is 14.3 Å². The molecule has 0 radical (unpaired) electrons. The van der Waals surface area contributed by atoms with Gasteiger partial charge in [0.05, 0.1) is 10.0 Å². The molecule has 0 amide bonds. The van der Waals surface area contributed by atoms with E-state index in [0.717, 1.165) is 6.07 Å². The number of hydrogen-bond acceptors (Lipinski definition) is 3. The number of carbonyl (C=O) groups is 1. The highest BCUT2D eigenvalue weighted by Gasteiger charge is 2.13. The number of phenols is 1. The minimum absolute atomic E-state index is 0.0868. The van der Waals surface area contributed by atoms with Crippen LogP contribution in [-0.4, -0.2) is 17.4 Å². The van der Waals surface area contributed by atoms with Gasteiger partial charge >= 0.3 is 0 Å². The number of rotatable bonds is 3. The molecule has 0 aliphatic rings. The standard InChI is InChI=1S/C9H9BrFNO2/c10-6-3-5(8(13)1-2-12)9(14)4-7(6)11/h3-4,14H,1-2,12H2. The van der Waals surface area contributed by atoms with Crippen LogP contribution in [0.15, 0.2) is 16.6 Å². The third kappa shape index (κ3) is 2.30. The van der Waals surface area contributed by atoms with E-state index in [1.807, 2.05) is 0 Å². The number of nitrogens with two attached hydrogens (primary N) is 1. The average Bonchev–Trinajstić information content (AvgIpc) is 2.11. The van der Waals surface area contributed by atoms with Crippen LogP contribution in [0.5, 0.6) is 5.75 Å². The van der Waals surface area contributed by atoms with E-state index in [4.69, 9.17) is 5.73 Å². The van der Waals surface area contributed by atoms with Crippen LogP contribution in [0.3, 0.4) is 0 Å². The molecular formula is C9H9BrFNO2. The summed E-state index contributed by atoms with van der Waals surface area (Å²) in [5, 5.41) is 9.29. The van der Waals surface area contributed by atoms with Crippen molar-refractivity contribution in [1.29, 1.82) is 0 Å². The summed E-state index contributed by atoms with van der Waals surface area (Å²) in [6, 6.07) is 2.15. The van der Waals surface area contributed by atoms with Crippen LogP contribution in [0.25, 0.3) is 0 Å². The molecule has 0 aromatic heterocycles. The minimum atomic E-state index is -0.605. The zero-order valence-electron chi connectivity index (χ0n) is 7.26. The lowest BCUT2D eigenvalue weighted by Gasteiger charge is -2.04. The molecule has 1 aromatic carbocycles. The van der Waals surface area contributed by atoms with Crippen molar-refractivity contribution in [1.82, 2.24) is 0 Å². The number of carbonyl (C=O) groups excluding carboxylic acids is 1. The average molecular weight is 262 g/mol. The van der Waals surface area contributed by atoms with E-state index in [-0.39, 0.29) is 34.5 Å². The summed E-state index contributed by atoms with van der Waals surface area (Å²) in [4.78, 5) is 11.3. The third-order valence-electron chi connectivity index (χ3n) is 1.71. The minimum Gasteiger partial charge on any atom is -0.507 e. The molecule has 3 N–H and O–H groups in total. The van der Waals surface area contributed by atoms with Crippen molar-refractivity contribution >= 4 is 21.7 Å². The normalized spacial score (nSPS) is 10.2. The fourth-order valence-electron chi connectivity index (χ4n) is 1.03. The summed E-state index contributed by atoms with van der Waals surface area (Å²) in [7, 11) is 0. The summed E-state index contributed by atoms with van der Waals surface area (Å²) >= 11 is 2.93. The molecule has 1 aromatic rings. The highest BCUT2D eigenvalue weighted by atomic mass is 79.9. The monoisotopic (exact) mass is 261 g/mol. The second kappa shape index (κ2) is 4.52. The summed E-state index contributed by atoms with van der Waals surface area (Å²) in [6.07, 6.45) is 0.131. The van der Waals surface area contributed by atoms with E-state index in [1.54, 1.807) is 0 Å². The van der Waals surface area contributed by atoms with Crippen LogP contribution in [-0.2, 0) is 0 Å². The molecule has 0 saturated heterocycles. The van der Waals surface area contributed by atoms with Gasteiger partial charge in [0.25, 0.3) is 0 Å². The van der Waals surface area contributed by atoms with Gasteiger partial charge in [-0.3, -0.25) is 4.79 Å². The Kier molecular flexibility index (Phi) is 3.60. The van der Waals surface area contributed by atoms with Crippen LogP contribution in [0, 0.1) is 5.82 Å². The zero-order valence-corrected chi connectivity index (χ0v) is 8.84. The fraction of sp³-hybridized carbons (Fsp3) is 0.222. The van der Waals surface area contributed by atoms with E-state index in [9.17, 15) is 14.3 Å². The van der Waals surface area contributed by atoms with Crippen molar-refractivity contribution in [3.63, 3.8) is 0 Å². The number of phenolic OH excluding ortho intramolecular Hbond substituents is 1. The Balaban J connectivity index is 3.09. The van der Waals surface area contributed by atoms with Gasteiger partial charge in [0, 0.05) is 12.5 Å². The third-order valence-corrected chi connectivity index (χ3v) is 2.32. The first kappa shape index (κ1) is 11.1. The smallest absolute Gasteiger partial charge is 0.167 e. The molecule has 1 rings (SSSR count). The van der Waals surface area contributed by atoms with Gasteiger partial charge in [0.15, 0.2) is 5.78 Å². The number of aromatic hydroxyl groups is 1. The van der Waals surface area contributed by atoms with Gasteiger partial charge in [-0.15, -0.1) is 0 Å². The Bertz CT molecular complexity index is 368. The van der Waals surface area contributed by atoms with Crippen molar-refractivity contribution in [2.45, 2.75) is 6.42 Å². The summed E-state index contributed by atoms with van der Waals surface area (Å²) in [5.74, 6) is -1.26. The number of ketones is 1. The van der Waals surface area contributed by atoms with Crippen molar-refractivity contribution in [3.05, 3.63) is 28.0 Å². The van der Waals surface area contributed by atoms with Gasteiger partial charge < -0.3 is 10.8 Å². The molecule has 14 heavy (non-hydrogen) atoms. The van der Waals surface area contributed by atoms with Crippen molar-refractivity contribution in [3.8, 4) is 5.75 Å². The number of benzene rings is 1. The predicted molar refractivity (Wildman–Crippen MR) is 53.8 cm³/mol. The van der Waals surface area contributed by atoms with Crippen LogP contribution in [0.2, 0.25) is 0 Å². The number of hydrogen-bond donors (Lipinski definition) is 2. The summed E-state index contributed by atoms with van der Waals surface area (Å²) in [5.41, 5.74) is 5.28. The second-order valence-corrected chi connectivity index (χ2v) is 3.60. The molecule has 0 spiro atoms. The van der Waals surface area contributed by atoms with Gasteiger partial charge in [-0.25, -0.2) is 4.39 Å². The fourth-order valence-corrected chi connectivity index (χ4v) is 1.37. The Labute approximate surface area is 88.9 Å². The summed E-state index contributed by atoms with van der Waals surface area (Å²) in [6.45, 7) is 0.202. The lowest BCUT2D eigenvalue weighted by Crippen LogP contribution is -2.08. The molecule has 0 unspecified atom stereocenters. The maximum atomic E-state index is 12.9. The molecule has 5 heteroatoms. The number of Topliss-reactive ketones (excluding diaryl/α,β-unsaturated/α-hetero) is 1. The van der Waals surface area contributed by atoms with Crippen LogP contribution >= 0.6 is 15.9 Å². The maximum Gasteiger partial charge on any atom is 0.167 e. The lowest BCUT2D eigenvalue weighted by atomic mass is 10.1. The highest BCUT2D eigenvalue weighted by Crippen LogP contribution is 2.26. The van der Waals surface area contributed by atoms with E-state index in [1.165, 1.54) is 6.07 Å². The van der Waals surface area contributed by atoms with Gasteiger partial charge in [0.2, 0.25) is 0 Å². The van der Waals surface area contributed by atoms with E-state index in [0.29, 0.717) is 0 Å². The predicted octanol–water partition coefficient (Wildman–Crippen LogP) is 1.83. The Morgan fingerprint density at radius 3 is 2.79 bits per heavy atom. The Hall–Kier alpha value is -0.940. The van der Waals surface area contributed by atoms with Gasteiger partial charge in [0.1, 0.15) is 11.6 Å². The Morgan fingerprint density at radius 2 is 2.21 bits per heavy atom. The molecule has 0 saturated carbocycles. The second-order valence-electron chi connectivity index (χ2n) is 2.75. The number of halogens is 2. The lowest BCUT2D eigenvalue weighted by molar-refractivity contribution is 0.0982. The van der Waals surface area contributed by atoms with Crippen LogP contribution < -0.4 is 5.73 Å². The molecule has 0 aliphatic carbocycles. The first-order chi connectivity index (χ1) is 6.56. The molecule has 76 valence electrons. The first-order valence-corrected chi connectivity index (χ1v) is 4.77. The van der Waals surface area contributed by atoms with E-state index < -0.39 is 5.82 Å². The first-order valence-electron chi connectivity index (χ1n) is 3.97. The molecule has 0 atom stereocenters. The molecule has 0 aliphatic heterocycles. The molecule has 3 nitrogen and oxygen atoms in total. The van der Waals surface area contributed by atoms with Crippen molar-refractivity contribution in [2.24, 2.45) is 5.73 Å². The molecule has 0 bridgehead atoms. The molecule has 0 fully saturated rings. The molecule has 0 heterocycles.